The molecule has 0 radical (unpaired) electrons. The molecule has 0 aromatic carbocycles. The maximum Gasteiger partial charge on any atom is 0.405 e. The van der Waals surface area contributed by atoms with Crippen LogP contribution in [0.4, 0.5) is 24.8 Å². The van der Waals surface area contributed by atoms with Crippen LogP contribution in [0.2, 0.25) is 0 Å². The second kappa shape index (κ2) is 5.41. The van der Waals surface area contributed by atoms with Gasteiger partial charge in [0.25, 0.3) is 0 Å². The molecule has 102 valence electrons. The summed E-state index contributed by atoms with van der Waals surface area (Å²) in [7, 11) is 1.67. The summed E-state index contributed by atoms with van der Waals surface area (Å²) in [6.45, 7) is 4.34. The summed E-state index contributed by atoms with van der Waals surface area (Å²) in [6.07, 6.45) is -4.27. The van der Waals surface area contributed by atoms with Gasteiger partial charge in [-0.25, -0.2) is 9.97 Å². The fourth-order valence-electron chi connectivity index (χ4n) is 1.39. The fourth-order valence-corrected chi connectivity index (χ4v) is 1.39. The second-order valence-corrected chi connectivity index (χ2v) is 4.28. The average Bonchev–Trinajstić information content (AvgIpc) is 2.26. The first-order valence-electron chi connectivity index (χ1n) is 5.61. The minimum atomic E-state index is -4.27. The molecule has 0 saturated carbocycles. The molecule has 0 aliphatic heterocycles. The van der Waals surface area contributed by atoms with Crippen molar-refractivity contribution in [2.24, 2.45) is 0 Å². The Morgan fingerprint density at radius 1 is 1.17 bits per heavy atom. The molecule has 0 aliphatic carbocycles. The number of alkyl halides is 3. The van der Waals surface area contributed by atoms with Gasteiger partial charge >= 0.3 is 6.18 Å². The molecule has 0 aliphatic rings. The highest BCUT2D eigenvalue weighted by molar-refractivity contribution is 5.57. The summed E-state index contributed by atoms with van der Waals surface area (Å²) < 4.78 is 36.6. The van der Waals surface area contributed by atoms with Gasteiger partial charge in [0.05, 0.1) is 0 Å². The Balaban J connectivity index is 3.05. The van der Waals surface area contributed by atoms with Gasteiger partial charge in [0, 0.05) is 18.5 Å². The maximum atomic E-state index is 12.2. The Hall–Kier alpha value is -1.53. The van der Waals surface area contributed by atoms with Crippen molar-refractivity contribution in [1.82, 2.24) is 9.97 Å². The summed E-state index contributed by atoms with van der Waals surface area (Å²) in [5.74, 6) is 1.31. The van der Waals surface area contributed by atoms with Crippen LogP contribution in [0.3, 0.4) is 0 Å². The zero-order valence-electron chi connectivity index (χ0n) is 10.8. The van der Waals surface area contributed by atoms with Crippen molar-refractivity contribution in [3.05, 3.63) is 11.4 Å². The number of hydrogen-bond acceptors (Lipinski definition) is 4. The minimum Gasteiger partial charge on any atom is -0.373 e. The van der Waals surface area contributed by atoms with Crippen LogP contribution < -0.4 is 10.6 Å². The Morgan fingerprint density at radius 3 is 2.17 bits per heavy atom. The lowest BCUT2D eigenvalue weighted by molar-refractivity contribution is -0.115. The molecule has 4 nitrogen and oxygen atoms in total. The predicted molar refractivity (Wildman–Crippen MR) is 64.9 cm³/mol. The van der Waals surface area contributed by atoms with Gasteiger partial charge in [-0.3, -0.25) is 0 Å². The van der Waals surface area contributed by atoms with E-state index in [1.807, 2.05) is 13.8 Å². The van der Waals surface area contributed by atoms with Crippen LogP contribution in [-0.4, -0.2) is 29.7 Å². The van der Waals surface area contributed by atoms with E-state index in [2.05, 4.69) is 20.6 Å². The molecule has 2 N–H and O–H groups in total. The largest absolute Gasteiger partial charge is 0.405 e. The van der Waals surface area contributed by atoms with Gasteiger partial charge in [0.15, 0.2) is 0 Å². The molecule has 0 atom stereocenters. The van der Waals surface area contributed by atoms with Gasteiger partial charge in [-0.1, -0.05) is 13.8 Å². The van der Waals surface area contributed by atoms with Crippen molar-refractivity contribution < 1.29 is 13.2 Å². The van der Waals surface area contributed by atoms with E-state index in [9.17, 15) is 13.2 Å². The molecule has 1 aromatic rings. The highest BCUT2D eigenvalue weighted by Gasteiger charge is 2.27. The number of halogens is 3. The van der Waals surface area contributed by atoms with Crippen molar-refractivity contribution in [2.75, 3.05) is 24.2 Å². The van der Waals surface area contributed by atoms with Crippen LogP contribution in [0.25, 0.3) is 0 Å². The predicted octanol–water partition coefficient (Wildman–Crippen LogP) is 2.92. The van der Waals surface area contributed by atoms with Gasteiger partial charge in [0.2, 0.25) is 0 Å². The number of rotatable bonds is 4. The first kappa shape index (κ1) is 14.5. The Bertz CT molecular complexity index is 415. The zero-order chi connectivity index (χ0) is 13.9. The zero-order valence-corrected chi connectivity index (χ0v) is 10.8. The van der Waals surface area contributed by atoms with Gasteiger partial charge in [0.1, 0.15) is 24.0 Å². The van der Waals surface area contributed by atoms with Crippen molar-refractivity contribution in [2.45, 2.75) is 32.9 Å². The number of hydrogen-bond donors (Lipinski definition) is 2. The summed E-state index contributed by atoms with van der Waals surface area (Å²) in [5, 5.41) is 5.16. The molecular weight excluding hydrogens is 245 g/mol. The van der Waals surface area contributed by atoms with Crippen LogP contribution in [-0.2, 0) is 0 Å². The third-order valence-electron chi connectivity index (χ3n) is 2.37. The lowest BCUT2D eigenvalue weighted by Crippen LogP contribution is -2.23. The van der Waals surface area contributed by atoms with E-state index in [0.717, 1.165) is 0 Å². The third kappa shape index (κ3) is 3.75. The minimum absolute atomic E-state index is 0.0455. The van der Waals surface area contributed by atoms with E-state index in [4.69, 9.17) is 0 Å². The Kier molecular flexibility index (Phi) is 4.37. The normalized spacial score (nSPS) is 11.8. The van der Waals surface area contributed by atoms with Crippen LogP contribution in [0, 0.1) is 6.92 Å². The summed E-state index contributed by atoms with van der Waals surface area (Å²) in [5.41, 5.74) is 0.575. The molecule has 0 bridgehead atoms. The Morgan fingerprint density at radius 2 is 1.72 bits per heavy atom. The molecule has 0 fully saturated rings. The lowest BCUT2D eigenvalue weighted by atomic mass is 10.2. The van der Waals surface area contributed by atoms with Gasteiger partial charge in [-0.2, -0.15) is 13.2 Å². The van der Waals surface area contributed by atoms with Gasteiger partial charge < -0.3 is 10.6 Å². The third-order valence-corrected chi connectivity index (χ3v) is 2.37. The molecule has 18 heavy (non-hydrogen) atoms. The van der Waals surface area contributed by atoms with Crippen LogP contribution in [0.5, 0.6) is 0 Å². The Labute approximate surface area is 104 Å². The lowest BCUT2D eigenvalue weighted by Gasteiger charge is -2.16. The highest BCUT2D eigenvalue weighted by Crippen LogP contribution is 2.24. The summed E-state index contributed by atoms with van der Waals surface area (Å²) >= 11 is 0. The van der Waals surface area contributed by atoms with E-state index in [-0.39, 0.29) is 11.7 Å². The van der Waals surface area contributed by atoms with Gasteiger partial charge in [-0.05, 0) is 6.92 Å². The molecular formula is C11H17F3N4. The number of aromatic nitrogens is 2. The molecule has 7 heteroatoms. The number of nitrogens with one attached hydrogen (secondary N) is 2. The SMILES string of the molecule is CNc1nc(C(C)C)nc(NCC(F)(F)F)c1C. The molecule has 0 saturated heterocycles. The van der Waals surface area contributed by atoms with Crippen molar-refractivity contribution in [3.63, 3.8) is 0 Å². The smallest absolute Gasteiger partial charge is 0.373 e. The van der Waals surface area contributed by atoms with E-state index in [0.29, 0.717) is 17.2 Å². The van der Waals surface area contributed by atoms with E-state index in [1.165, 1.54) is 0 Å². The molecule has 1 heterocycles. The monoisotopic (exact) mass is 262 g/mol. The van der Waals surface area contributed by atoms with Crippen molar-refractivity contribution >= 4 is 11.6 Å². The first-order chi connectivity index (χ1) is 8.24. The van der Waals surface area contributed by atoms with Gasteiger partial charge in [-0.15, -0.1) is 0 Å². The summed E-state index contributed by atoms with van der Waals surface area (Å²) in [4.78, 5) is 8.37. The fraction of sp³-hybridized carbons (Fsp3) is 0.636. The number of anilines is 2. The van der Waals surface area contributed by atoms with Crippen LogP contribution in [0.15, 0.2) is 0 Å². The molecule has 0 unspecified atom stereocenters. The van der Waals surface area contributed by atoms with E-state index >= 15 is 0 Å². The average molecular weight is 262 g/mol. The molecule has 1 aromatic heterocycles. The summed E-state index contributed by atoms with van der Waals surface area (Å²) in [6, 6.07) is 0. The van der Waals surface area contributed by atoms with Crippen LogP contribution in [0.1, 0.15) is 31.2 Å². The quantitative estimate of drug-likeness (QED) is 0.876. The molecule has 0 spiro atoms. The van der Waals surface area contributed by atoms with E-state index in [1.54, 1.807) is 14.0 Å². The maximum absolute atomic E-state index is 12.2. The molecule has 1 rings (SSSR count). The van der Waals surface area contributed by atoms with Crippen LogP contribution >= 0.6 is 0 Å². The highest BCUT2D eigenvalue weighted by atomic mass is 19.4. The molecule has 0 amide bonds. The standard InChI is InChI=1S/C11H17F3N4/c1-6(2)8-17-9(15-4)7(3)10(18-8)16-5-11(12,13)14/h6H,5H2,1-4H3,(H2,15,16,17,18). The number of nitrogens with zero attached hydrogens (tertiary/aromatic N) is 2. The van der Waals surface area contributed by atoms with Crippen molar-refractivity contribution in [3.8, 4) is 0 Å². The first-order valence-corrected chi connectivity index (χ1v) is 5.61. The van der Waals surface area contributed by atoms with Crippen molar-refractivity contribution in [1.29, 1.82) is 0 Å². The van der Waals surface area contributed by atoms with E-state index < -0.39 is 12.7 Å². The topological polar surface area (TPSA) is 49.8 Å². The second-order valence-electron chi connectivity index (χ2n) is 4.28.